The van der Waals surface area contributed by atoms with Gasteiger partial charge in [-0.15, -0.1) is 0 Å². The minimum atomic E-state index is -0.795. The molecule has 0 aromatic heterocycles. The van der Waals surface area contributed by atoms with Crippen LogP contribution in [-0.2, 0) is 14.3 Å². The Morgan fingerprint density at radius 2 is 1.95 bits per heavy atom. The van der Waals surface area contributed by atoms with Crippen LogP contribution in [-0.4, -0.2) is 18.0 Å². The van der Waals surface area contributed by atoms with Crippen LogP contribution in [0.4, 0.5) is 5.69 Å². The molecule has 1 aromatic rings. The average molecular weight is 282 g/mol. The van der Waals surface area contributed by atoms with Gasteiger partial charge in [0.25, 0.3) is 5.91 Å². The predicted molar refractivity (Wildman–Crippen MR) is 72.9 cm³/mol. The third-order valence-corrected chi connectivity index (χ3v) is 3.44. The van der Waals surface area contributed by atoms with Crippen LogP contribution in [0.15, 0.2) is 24.3 Å². The second-order valence-electron chi connectivity index (χ2n) is 4.89. The number of carbonyl (C=O) groups is 2. The summed E-state index contributed by atoms with van der Waals surface area (Å²) in [6.45, 7) is 3.56. The highest BCUT2D eigenvalue weighted by molar-refractivity contribution is 6.30. The summed E-state index contributed by atoms with van der Waals surface area (Å²) < 4.78 is 5.13. The summed E-state index contributed by atoms with van der Waals surface area (Å²) in [7, 11) is 0. The molecule has 1 N–H and O–H groups in total. The summed E-state index contributed by atoms with van der Waals surface area (Å²) >= 11 is 5.75. The first-order valence-electron chi connectivity index (χ1n) is 6.24. The zero-order valence-corrected chi connectivity index (χ0v) is 11.6. The molecule has 0 radical (unpaired) electrons. The maximum absolute atomic E-state index is 11.8. The van der Waals surface area contributed by atoms with Crippen molar-refractivity contribution >= 4 is 29.2 Å². The Hall–Kier alpha value is -1.55. The molecule has 1 aliphatic carbocycles. The molecule has 1 aromatic carbocycles. The number of ether oxygens (including phenoxy) is 1. The number of carbonyl (C=O) groups excluding carboxylic acids is 2. The van der Waals surface area contributed by atoms with Gasteiger partial charge in [-0.1, -0.05) is 18.5 Å². The molecule has 5 heteroatoms. The highest BCUT2D eigenvalue weighted by Gasteiger charge is 2.41. The van der Waals surface area contributed by atoms with Crippen molar-refractivity contribution in [2.75, 3.05) is 5.32 Å². The number of benzene rings is 1. The van der Waals surface area contributed by atoms with E-state index in [9.17, 15) is 9.59 Å². The summed E-state index contributed by atoms with van der Waals surface area (Å²) in [6.07, 6.45) is 0.0562. The summed E-state index contributed by atoms with van der Waals surface area (Å²) in [5.74, 6) is -0.292. The van der Waals surface area contributed by atoms with Gasteiger partial charge in [-0.2, -0.15) is 0 Å². The van der Waals surface area contributed by atoms with Gasteiger partial charge in [-0.05, 0) is 43.5 Å². The Kier molecular flexibility index (Phi) is 4.10. The minimum absolute atomic E-state index is 0.0363. The van der Waals surface area contributed by atoms with Crippen molar-refractivity contribution in [2.24, 2.45) is 11.8 Å². The lowest BCUT2D eigenvalue weighted by Crippen LogP contribution is -2.30. The standard InChI is InChI=1S/C14H16ClNO3/c1-8-7-12(8)14(18)19-9(2)13(17)16-11-5-3-10(15)4-6-11/h3-6,8-9,12H,7H2,1-2H3,(H,16,17)/t8-,9-,12-/m0/s1. The van der Waals surface area contributed by atoms with Gasteiger partial charge in [0.2, 0.25) is 0 Å². The Labute approximate surface area is 117 Å². The van der Waals surface area contributed by atoms with Crippen molar-refractivity contribution in [3.63, 3.8) is 0 Å². The van der Waals surface area contributed by atoms with Crippen molar-refractivity contribution in [3.05, 3.63) is 29.3 Å². The lowest BCUT2D eigenvalue weighted by Gasteiger charge is -2.13. The zero-order valence-electron chi connectivity index (χ0n) is 10.9. The number of anilines is 1. The molecule has 1 aliphatic rings. The highest BCUT2D eigenvalue weighted by Crippen LogP contribution is 2.38. The molecule has 1 saturated carbocycles. The zero-order chi connectivity index (χ0) is 14.0. The average Bonchev–Trinajstić information content (AvgIpc) is 3.09. The second kappa shape index (κ2) is 5.61. The van der Waals surface area contributed by atoms with E-state index < -0.39 is 6.10 Å². The van der Waals surface area contributed by atoms with Gasteiger partial charge < -0.3 is 10.1 Å². The van der Waals surface area contributed by atoms with E-state index in [4.69, 9.17) is 16.3 Å². The van der Waals surface area contributed by atoms with Crippen LogP contribution >= 0.6 is 11.6 Å². The van der Waals surface area contributed by atoms with E-state index in [2.05, 4.69) is 5.32 Å². The largest absolute Gasteiger partial charge is 0.452 e. The minimum Gasteiger partial charge on any atom is -0.452 e. The predicted octanol–water partition coefficient (Wildman–Crippen LogP) is 2.87. The molecule has 0 saturated heterocycles. The molecule has 2 rings (SSSR count). The van der Waals surface area contributed by atoms with E-state index in [-0.39, 0.29) is 17.8 Å². The van der Waals surface area contributed by atoms with Gasteiger partial charge in [-0.25, -0.2) is 0 Å². The van der Waals surface area contributed by atoms with E-state index in [0.29, 0.717) is 16.6 Å². The van der Waals surface area contributed by atoms with Crippen molar-refractivity contribution in [1.82, 2.24) is 0 Å². The Morgan fingerprint density at radius 3 is 2.47 bits per heavy atom. The van der Waals surface area contributed by atoms with Gasteiger partial charge in [0.05, 0.1) is 5.92 Å². The first kappa shape index (κ1) is 13.9. The molecule has 0 unspecified atom stereocenters. The number of hydrogen-bond acceptors (Lipinski definition) is 3. The van der Waals surface area contributed by atoms with Crippen molar-refractivity contribution in [1.29, 1.82) is 0 Å². The van der Waals surface area contributed by atoms with E-state index >= 15 is 0 Å². The van der Waals surface area contributed by atoms with E-state index in [1.165, 1.54) is 0 Å². The van der Waals surface area contributed by atoms with Crippen LogP contribution < -0.4 is 5.32 Å². The highest BCUT2D eigenvalue weighted by atomic mass is 35.5. The normalized spacial score (nSPS) is 22.5. The van der Waals surface area contributed by atoms with Crippen LogP contribution in [0.2, 0.25) is 5.02 Å². The number of rotatable bonds is 4. The van der Waals surface area contributed by atoms with Crippen LogP contribution in [0.1, 0.15) is 20.3 Å². The fraction of sp³-hybridized carbons (Fsp3) is 0.429. The fourth-order valence-electron chi connectivity index (χ4n) is 1.74. The van der Waals surface area contributed by atoms with E-state index in [1.54, 1.807) is 31.2 Å². The maximum Gasteiger partial charge on any atom is 0.309 e. The molecule has 19 heavy (non-hydrogen) atoms. The van der Waals surface area contributed by atoms with Crippen molar-refractivity contribution in [3.8, 4) is 0 Å². The summed E-state index contributed by atoms with van der Waals surface area (Å²) in [5.41, 5.74) is 0.622. The number of nitrogens with one attached hydrogen (secondary N) is 1. The SMILES string of the molecule is C[C@H](OC(=O)[C@H]1C[C@@H]1C)C(=O)Nc1ccc(Cl)cc1. The molecule has 3 atom stereocenters. The molecular weight excluding hydrogens is 266 g/mol. The molecule has 0 spiro atoms. The quantitative estimate of drug-likeness (QED) is 0.864. The monoisotopic (exact) mass is 281 g/mol. The van der Waals surface area contributed by atoms with Crippen LogP contribution in [0.25, 0.3) is 0 Å². The van der Waals surface area contributed by atoms with Gasteiger partial charge in [0, 0.05) is 10.7 Å². The van der Waals surface area contributed by atoms with Gasteiger partial charge in [0.1, 0.15) is 0 Å². The van der Waals surface area contributed by atoms with E-state index in [1.807, 2.05) is 6.92 Å². The summed E-state index contributed by atoms with van der Waals surface area (Å²) in [5, 5.41) is 3.27. The summed E-state index contributed by atoms with van der Waals surface area (Å²) in [4.78, 5) is 23.4. The van der Waals surface area contributed by atoms with Crippen molar-refractivity contribution < 1.29 is 14.3 Å². The lowest BCUT2D eigenvalue weighted by atomic mass is 10.3. The van der Waals surface area contributed by atoms with Crippen LogP contribution in [0.5, 0.6) is 0 Å². The second-order valence-corrected chi connectivity index (χ2v) is 5.33. The molecule has 0 bridgehead atoms. The van der Waals surface area contributed by atoms with Gasteiger partial charge >= 0.3 is 5.97 Å². The number of amides is 1. The Bertz CT molecular complexity index is 486. The van der Waals surface area contributed by atoms with Crippen LogP contribution in [0, 0.1) is 11.8 Å². The number of esters is 1. The number of hydrogen-bond donors (Lipinski definition) is 1. The molecule has 0 aliphatic heterocycles. The Balaban J connectivity index is 1.85. The fourth-order valence-corrected chi connectivity index (χ4v) is 1.87. The van der Waals surface area contributed by atoms with E-state index in [0.717, 1.165) is 6.42 Å². The first-order valence-corrected chi connectivity index (χ1v) is 6.62. The maximum atomic E-state index is 11.8. The molecule has 4 nitrogen and oxygen atoms in total. The Morgan fingerprint density at radius 1 is 1.37 bits per heavy atom. The van der Waals surface area contributed by atoms with Crippen molar-refractivity contribution in [2.45, 2.75) is 26.4 Å². The molecular formula is C14H16ClNO3. The third-order valence-electron chi connectivity index (χ3n) is 3.19. The summed E-state index contributed by atoms with van der Waals surface area (Å²) in [6, 6.07) is 6.74. The molecule has 102 valence electrons. The van der Waals surface area contributed by atoms with Gasteiger partial charge in [-0.3, -0.25) is 9.59 Å². The smallest absolute Gasteiger partial charge is 0.309 e. The third kappa shape index (κ3) is 3.70. The first-order chi connectivity index (χ1) is 8.97. The molecule has 0 heterocycles. The molecule has 1 amide bonds. The lowest BCUT2D eigenvalue weighted by molar-refractivity contribution is -0.154. The molecule has 1 fully saturated rings. The van der Waals surface area contributed by atoms with Crippen LogP contribution in [0.3, 0.4) is 0 Å². The van der Waals surface area contributed by atoms with Gasteiger partial charge in [0.15, 0.2) is 6.10 Å². The topological polar surface area (TPSA) is 55.4 Å². The number of halogens is 1.